The number of rotatable bonds is 4. The van der Waals surface area contributed by atoms with Gasteiger partial charge in [-0.3, -0.25) is 4.90 Å². The van der Waals surface area contributed by atoms with Gasteiger partial charge in [-0.25, -0.2) is 4.98 Å². The van der Waals surface area contributed by atoms with Gasteiger partial charge >= 0.3 is 0 Å². The van der Waals surface area contributed by atoms with E-state index in [1.165, 1.54) is 5.56 Å². The fourth-order valence-corrected chi connectivity index (χ4v) is 2.76. The lowest BCUT2D eigenvalue weighted by molar-refractivity contribution is 0.326. The number of hydrogen-bond donors (Lipinski definition) is 1. The molecule has 0 aliphatic carbocycles. The van der Waals surface area contributed by atoms with Crippen LogP contribution in [0.1, 0.15) is 12.0 Å². The van der Waals surface area contributed by atoms with Crippen molar-refractivity contribution in [2.75, 3.05) is 25.0 Å². The molecule has 1 fully saturated rings. The van der Waals surface area contributed by atoms with Crippen LogP contribution in [-0.2, 0) is 6.54 Å². The van der Waals surface area contributed by atoms with Crippen molar-refractivity contribution >= 4 is 11.5 Å². The Balaban J connectivity index is 1.66. The number of nitrogens with two attached hydrogens (primary N) is 1. The quantitative estimate of drug-likeness (QED) is 0.935. The molecule has 3 rings (SSSR count). The highest BCUT2D eigenvalue weighted by molar-refractivity contribution is 5.58. The second-order valence-electron chi connectivity index (χ2n) is 5.70. The van der Waals surface area contributed by atoms with E-state index in [1.54, 1.807) is 0 Å². The van der Waals surface area contributed by atoms with Crippen LogP contribution in [0.2, 0.25) is 0 Å². The van der Waals surface area contributed by atoms with Crippen molar-refractivity contribution in [3.8, 4) is 0 Å². The molecule has 1 aromatic carbocycles. The van der Waals surface area contributed by atoms with Gasteiger partial charge in [0, 0.05) is 44.6 Å². The predicted molar refractivity (Wildman–Crippen MR) is 86.6 cm³/mol. The summed E-state index contributed by atoms with van der Waals surface area (Å²) in [5.41, 5.74) is 8.33. The highest BCUT2D eigenvalue weighted by Crippen LogP contribution is 2.21. The molecule has 4 heteroatoms. The largest absolute Gasteiger partial charge is 0.329 e. The number of pyridine rings is 1. The molecule has 0 unspecified atom stereocenters. The minimum atomic E-state index is 0.335. The van der Waals surface area contributed by atoms with Gasteiger partial charge in [0.25, 0.3) is 0 Å². The Bertz CT molecular complexity index is 567. The Kier molecular flexibility index (Phi) is 4.18. The minimum absolute atomic E-state index is 0.335. The highest BCUT2D eigenvalue weighted by Gasteiger charge is 2.18. The second-order valence-corrected chi connectivity index (χ2v) is 5.70. The first-order valence-corrected chi connectivity index (χ1v) is 7.44. The van der Waals surface area contributed by atoms with E-state index >= 15 is 0 Å². The first kappa shape index (κ1) is 14.0. The van der Waals surface area contributed by atoms with Crippen LogP contribution in [0.4, 0.5) is 11.5 Å². The average Bonchev–Trinajstić information content (AvgIpc) is 2.93. The number of nitrogens with zero attached hydrogens (tertiary/aromatic N) is 3. The lowest BCUT2D eigenvalue weighted by Gasteiger charge is -2.19. The molecule has 1 atom stereocenters. The third-order valence-corrected chi connectivity index (χ3v) is 4.01. The number of para-hydroxylation sites is 1. The summed E-state index contributed by atoms with van der Waals surface area (Å²) < 4.78 is 0. The Morgan fingerprint density at radius 1 is 1.24 bits per heavy atom. The molecular formula is C17H22N4. The standard InChI is InChI=1S/C17H22N4/c1-20(16-5-3-2-4-6-16)17-8-7-14(11-19-17)12-21-10-9-15(18)13-21/h2-8,11,15H,9-10,12-13,18H2,1H3/t15-/m1/s1. The van der Waals surface area contributed by atoms with Gasteiger partial charge in [-0.05, 0) is 30.2 Å². The summed E-state index contributed by atoms with van der Waals surface area (Å²) in [5, 5.41) is 0. The van der Waals surface area contributed by atoms with Crippen LogP contribution in [0, 0.1) is 0 Å². The number of aromatic nitrogens is 1. The molecule has 1 aromatic heterocycles. The highest BCUT2D eigenvalue weighted by atomic mass is 15.2. The van der Waals surface area contributed by atoms with Crippen molar-refractivity contribution in [1.29, 1.82) is 0 Å². The van der Waals surface area contributed by atoms with E-state index in [4.69, 9.17) is 5.73 Å². The molecule has 2 aromatic rings. The van der Waals surface area contributed by atoms with E-state index in [1.807, 2.05) is 31.4 Å². The zero-order valence-electron chi connectivity index (χ0n) is 12.4. The van der Waals surface area contributed by atoms with E-state index in [0.29, 0.717) is 6.04 Å². The van der Waals surface area contributed by atoms with Crippen molar-refractivity contribution in [3.63, 3.8) is 0 Å². The maximum absolute atomic E-state index is 5.94. The Morgan fingerprint density at radius 3 is 2.67 bits per heavy atom. The fourth-order valence-electron chi connectivity index (χ4n) is 2.76. The number of likely N-dealkylation sites (tertiary alicyclic amines) is 1. The summed E-state index contributed by atoms with van der Waals surface area (Å²) in [7, 11) is 2.04. The molecule has 2 heterocycles. The van der Waals surface area contributed by atoms with Crippen LogP contribution in [-0.4, -0.2) is 36.1 Å². The Labute approximate surface area is 126 Å². The van der Waals surface area contributed by atoms with Crippen LogP contribution < -0.4 is 10.6 Å². The molecule has 110 valence electrons. The maximum Gasteiger partial charge on any atom is 0.132 e. The lowest BCUT2D eigenvalue weighted by Crippen LogP contribution is -2.26. The summed E-state index contributed by atoms with van der Waals surface area (Å²) in [4.78, 5) is 9.07. The third kappa shape index (κ3) is 3.40. The number of benzene rings is 1. The zero-order valence-corrected chi connectivity index (χ0v) is 12.4. The molecule has 1 aliphatic heterocycles. The van der Waals surface area contributed by atoms with E-state index in [9.17, 15) is 0 Å². The van der Waals surface area contributed by atoms with E-state index in [2.05, 4.69) is 39.0 Å². The van der Waals surface area contributed by atoms with Crippen molar-refractivity contribution in [3.05, 3.63) is 54.2 Å². The third-order valence-electron chi connectivity index (χ3n) is 4.01. The Hall–Kier alpha value is -1.91. The normalized spacial score (nSPS) is 18.9. The van der Waals surface area contributed by atoms with Crippen LogP contribution in [0.3, 0.4) is 0 Å². The first-order valence-electron chi connectivity index (χ1n) is 7.44. The molecule has 2 N–H and O–H groups in total. The van der Waals surface area contributed by atoms with Crippen molar-refractivity contribution in [2.45, 2.75) is 19.0 Å². The average molecular weight is 282 g/mol. The summed E-state index contributed by atoms with van der Waals surface area (Å²) in [6.45, 7) is 3.02. The van der Waals surface area contributed by atoms with Crippen LogP contribution in [0.25, 0.3) is 0 Å². The summed E-state index contributed by atoms with van der Waals surface area (Å²) in [5.74, 6) is 0.961. The van der Waals surface area contributed by atoms with E-state index in [-0.39, 0.29) is 0 Å². The Morgan fingerprint density at radius 2 is 2.05 bits per heavy atom. The smallest absolute Gasteiger partial charge is 0.132 e. The maximum atomic E-state index is 5.94. The van der Waals surface area contributed by atoms with Gasteiger partial charge in [0.1, 0.15) is 5.82 Å². The van der Waals surface area contributed by atoms with Gasteiger partial charge in [0.05, 0.1) is 0 Å². The molecule has 0 bridgehead atoms. The lowest BCUT2D eigenvalue weighted by atomic mass is 10.2. The van der Waals surface area contributed by atoms with Crippen molar-refractivity contribution in [2.24, 2.45) is 5.73 Å². The molecule has 1 saturated heterocycles. The van der Waals surface area contributed by atoms with Gasteiger partial charge < -0.3 is 10.6 Å². The molecule has 4 nitrogen and oxygen atoms in total. The molecule has 0 spiro atoms. The van der Waals surface area contributed by atoms with Gasteiger partial charge in [-0.15, -0.1) is 0 Å². The van der Waals surface area contributed by atoms with Crippen molar-refractivity contribution < 1.29 is 0 Å². The minimum Gasteiger partial charge on any atom is -0.329 e. The molecular weight excluding hydrogens is 260 g/mol. The fraction of sp³-hybridized carbons (Fsp3) is 0.353. The zero-order chi connectivity index (χ0) is 14.7. The number of anilines is 2. The van der Waals surface area contributed by atoms with Crippen LogP contribution in [0.15, 0.2) is 48.7 Å². The SMILES string of the molecule is CN(c1ccccc1)c1ccc(CN2CC[C@@H](N)C2)cn1. The monoisotopic (exact) mass is 282 g/mol. The van der Waals surface area contributed by atoms with Crippen LogP contribution >= 0.6 is 0 Å². The molecule has 0 amide bonds. The predicted octanol–water partition coefficient (Wildman–Crippen LogP) is 2.38. The van der Waals surface area contributed by atoms with E-state index < -0.39 is 0 Å². The second kappa shape index (κ2) is 6.24. The summed E-state index contributed by atoms with van der Waals surface area (Å²) in [6.07, 6.45) is 3.07. The molecule has 1 aliphatic rings. The number of hydrogen-bond acceptors (Lipinski definition) is 4. The van der Waals surface area contributed by atoms with Gasteiger partial charge in [0.2, 0.25) is 0 Å². The summed E-state index contributed by atoms with van der Waals surface area (Å²) >= 11 is 0. The molecule has 0 saturated carbocycles. The van der Waals surface area contributed by atoms with Gasteiger partial charge in [-0.1, -0.05) is 24.3 Å². The summed E-state index contributed by atoms with van der Waals surface area (Å²) in [6, 6.07) is 14.8. The van der Waals surface area contributed by atoms with Crippen molar-refractivity contribution in [1.82, 2.24) is 9.88 Å². The molecule has 21 heavy (non-hydrogen) atoms. The topological polar surface area (TPSA) is 45.4 Å². The van der Waals surface area contributed by atoms with Gasteiger partial charge in [0.15, 0.2) is 0 Å². The van der Waals surface area contributed by atoms with Crippen LogP contribution in [0.5, 0.6) is 0 Å². The molecule has 0 radical (unpaired) electrons. The first-order chi connectivity index (χ1) is 10.2. The van der Waals surface area contributed by atoms with Gasteiger partial charge in [-0.2, -0.15) is 0 Å². The van der Waals surface area contributed by atoms with E-state index in [0.717, 1.165) is 37.6 Å².